The number of hydrogen-bond acceptors (Lipinski definition) is 6. The number of amides is 2. The Hall–Kier alpha value is -4.90. The lowest BCUT2D eigenvalue weighted by Gasteiger charge is -2.37. The zero-order valence-electron chi connectivity index (χ0n) is 25.0. The Balaban J connectivity index is 1.29. The maximum Gasteiger partial charge on any atom is 0.573 e. The van der Waals surface area contributed by atoms with E-state index in [9.17, 15) is 27.6 Å². The van der Waals surface area contributed by atoms with Crippen LogP contribution < -0.4 is 15.0 Å². The van der Waals surface area contributed by atoms with Crippen LogP contribution in [-0.2, 0) is 0 Å². The summed E-state index contributed by atoms with van der Waals surface area (Å²) in [6.45, 7) is 5.99. The second-order valence-electron chi connectivity index (χ2n) is 10.8. The van der Waals surface area contributed by atoms with Gasteiger partial charge in [0.1, 0.15) is 23.9 Å². The van der Waals surface area contributed by atoms with Gasteiger partial charge in [-0.15, -0.1) is 18.3 Å². The molecule has 2 atom stereocenters. The van der Waals surface area contributed by atoms with Crippen molar-refractivity contribution in [1.82, 2.24) is 20.1 Å². The van der Waals surface area contributed by atoms with E-state index >= 15 is 0 Å². The first-order valence-electron chi connectivity index (χ1n) is 14.3. The van der Waals surface area contributed by atoms with Crippen molar-refractivity contribution in [3.05, 3.63) is 90.0 Å². The lowest BCUT2D eigenvalue weighted by Crippen LogP contribution is -2.43. The van der Waals surface area contributed by atoms with Crippen LogP contribution in [0.15, 0.2) is 78.0 Å². The Morgan fingerprint density at radius 1 is 1.13 bits per heavy atom. The minimum absolute atomic E-state index is 0.0231. The van der Waals surface area contributed by atoms with Crippen LogP contribution >= 0.6 is 11.8 Å². The van der Waals surface area contributed by atoms with Crippen LogP contribution in [-0.4, -0.2) is 44.1 Å². The van der Waals surface area contributed by atoms with E-state index in [1.54, 1.807) is 30.3 Å². The van der Waals surface area contributed by atoms with Crippen molar-refractivity contribution in [1.29, 1.82) is 5.26 Å². The monoisotopic (exact) mass is 651 g/mol. The number of anilines is 1. The van der Waals surface area contributed by atoms with E-state index < -0.39 is 18.4 Å². The smallest absolute Gasteiger partial charge is 0.406 e. The first-order valence-corrected chi connectivity index (χ1v) is 15.3. The highest BCUT2D eigenvalue weighted by molar-refractivity contribution is 8.14. The van der Waals surface area contributed by atoms with Crippen molar-refractivity contribution in [3.63, 3.8) is 0 Å². The number of nitriles is 1. The molecule has 2 amide bonds. The highest BCUT2D eigenvalue weighted by Gasteiger charge is 2.31. The third kappa shape index (κ3) is 7.66. The van der Waals surface area contributed by atoms with Gasteiger partial charge in [0.2, 0.25) is 0 Å². The third-order valence-electron chi connectivity index (χ3n) is 7.21. The van der Waals surface area contributed by atoms with Crippen molar-refractivity contribution < 1.29 is 27.1 Å². The summed E-state index contributed by atoms with van der Waals surface area (Å²) in [5.41, 5.74) is 3.21. The quantitative estimate of drug-likeness (QED) is 0.204. The Kier molecular flexibility index (Phi) is 9.62. The number of benzene rings is 3. The van der Waals surface area contributed by atoms with Crippen molar-refractivity contribution in [2.24, 2.45) is 4.99 Å². The molecule has 1 aromatic heterocycles. The lowest BCUT2D eigenvalue weighted by atomic mass is 9.99. The number of carbonyl (C=O) groups is 1. The number of urea groups is 1. The number of aromatic nitrogens is 3. The lowest BCUT2D eigenvalue weighted by molar-refractivity contribution is -0.274. The highest BCUT2D eigenvalue weighted by Crippen LogP contribution is 2.35. The van der Waals surface area contributed by atoms with E-state index in [2.05, 4.69) is 31.2 Å². The topological polar surface area (TPSA) is 108 Å². The molecule has 5 rings (SSSR count). The second kappa shape index (κ2) is 13.6. The molecule has 0 radical (unpaired) electrons. The zero-order valence-corrected chi connectivity index (χ0v) is 25.8. The molecule has 1 aliphatic heterocycles. The molecule has 1 N–H and O–H groups in total. The molecule has 0 aliphatic carbocycles. The summed E-state index contributed by atoms with van der Waals surface area (Å²) in [6.07, 6.45) is -2.51. The predicted octanol–water partition coefficient (Wildman–Crippen LogP) is 7.76. The van der Waals surface area contributed by atoms with E-state index in [-0.39, 0.29) is 23.5 Å². The van der Waals surface area contributed by atoms with E-state index in [4.69, 9.17) is 0 Å². The van der Waals surface area contributed by atoms with Crippen molar-refractivity contribution in [2.45, 2.75) is 51.6 Å². The van der Waals surface area contributed by atoms with Crippen LogP contribution in [0, 0.1) is 17.1 Å². The molecular weight excluding hydrogens is 622 g/mol. The fourth-order valence-corrected chi connectivity index (χ4v) is 6.13. The minimum atomic E-state index is -4.79. The SMILES string of the molecule is CC(C)c1cc(F)ccc1N1C(=NC(=O)NC(C#N)c2ccc(-c3ncn(-c4ccc(OC(F)(F)F)cc4)n3)cc2)SCCC1C. The van der Waals surface area contributed by atoms with E-state index in [0.29, 0.717) is 27.8 Å². The molecule has 1 saturated heterocycles. The first kappa shape index (κ1) is 32.5. The average molecular weight is 652 g/mol. The second-order valence-corrected chi connectivity index (χ2v) is 11.9. The van der Waals surface area contributed by atoms with Crippen LogP contribution in [0.2, 0.25) is 0 Å². The Labute approximate surface area is 266 Å². The fourth-order valence-electron chi connectivity index (χ4n) is 4.92. The van der Waals surface area contributed by atoms with Crippen molar-refractivity contribution in [3.8, 4) is 28.9 Å². The summed E-state index contributed by atoms with van der Waals surface area (Å²) in [5.74, 6) is 0.461. The number of thioether (sulfide) groups is 1. The Morgan fingerprint density at radius 3 is 2.50 bits per heavy atom. The number of rotatable bonds is 7. The van der Waals surface area contributed by atoms with Crippen LogP contribution in [0.3, 0.4) is 0 Å². The average Bonchev–Trinajstić information content (AvgIpc) is 3.50. The Bertz CT molecular complexity index is 1770. The van der Waals surface area contributed by atoms with Gasteiger partial charge in [0.15, 0.2) is 11.0 Å². The molecule has 2 unspecified atom stereocenters. The standard InChI is InChI=1S/C32H29F4N7O2S/c1-19(2)26-16-23(33)8-13-28(26)43-20(3)14-15-46-31(43)40-30(44)39-27(17-37)21-4-6-22(7-5-21)29-38-18-42(41-29)24-9-11-25(12-10-24)45-32(34,35)36/h4-13,16,18-20,27H,14-15H2,1-3H3,(H,39,44). The van der Waals surface area contributed by atoms with Crippen LogP contribution in [0.1, 0.15) is 50.3 Å². The van der Waals surface area contributed by atoms with E-state index in [0.717, 1.165) is 23.4 Å². The van der Waals surface area contributed by atoms with Gasteiger partial charge >= 0.3 is 12.4 Å². The number of hydrogen-bond donors (Lipinski definition) is 1. The van der Waals surface area contributed by atoms with Gasteiger partial charge < -0.3 is 15.0 Å². The molecule has 3 aromatic carbocycles. The Morgan fingerprint density at radius 2 is 1.85 bits per heavy atom. The van der Waals surface area contributed by atoms with Gasteiger partial charge in [-0.05, 0) is 72.9 Å². The van der Waals surface area contributed by atoms with Crippen molar-refractivity contribution in [2.75, 3.05) is 10.7 Å². The molecule has 1 fully saturated rings. The molecule has 0 spiro atoms. The molecule has 2 heterocycles. The maximum absolute atomic E-state index is 14.1. The predicted molar refractivity (Wildman–Crippen MR) is 167 cm³/mol. The van der Waals surface area contributed by atoms with E-state index in [1.807, 2.05) is 25.7 Å². The maximum atomic E-state index is 14.1. The number of nitrogens with zero attached hydrogens (tertiary/aromatic N) is 6. The fraction of sp³-hybridized carbons (Fsp3) is 0.281. The number of nitrogens with one attached hydrogen (secondary N) is 1. The van der Waals surface area contributed by atoms with Crippen LogP contribution in [0.25, 0.3) is 17.1 Å². The first-order chi connectivity index (χ1) is 21.9. The number of aliphatic imine (C=N–C) groups is 1. The number of ether oxygens (including phenoxy) is 1. The van der Waals surface area contributed by atoms with Crippen LogP contribution in [0.4, 0.5) is 28.0 Å². The number of amidine groups is 1. The summed E-state index contributed by atoms with van der Waals surface area (Å²) in [5, 5.41) is 17.4. The molecule has 4 aromatic rings. The molecule has 238 valence electrons. The summed E-state index contributed by atoms with van der Waals surface area (Å²) >= 11 is 1.43. The number of carbonyl (C=O) groups excluding carboxylic acids is 1. The van der Waals surface area contributed by atoms with Gasteiger partial charge in [-0.2, -0.15) is 10.3 Å². The van der Waals surface area contributed by atoms with Gasteiger partial charge in [-0.1, -0.05) is 49.9 Å². The van der Waals surface area contributed by atoms with Gasteiger partial charge in [0.25, 0.3) is 0 Å². The van der Waals surface area contributed by atoms with Gasteiger partial charge in [0.05, 0.1) is 11.8 Å². The zero-order chi connectivity index (χ0) is 33.0. The van der Waals surface area contributed by atoms with Crippen LogP contribution in [0.5, 0.6) is 5.75 Å². The molecule has 0 bridgehead atoms. The molecule has 14 heteroatoms. The summed E-state index contributed by atoms with van der Waals surface area (Å²) in [4.78, 5) is 23.6. The molecule has 0 saturated carbocycles. The van der Waals surface area contributed by atoms with E-state index in [1.165, 1.54) is 59.2 Å². The molecule has 9 nitrogen and oxygen atoms in total. The van der Waals surface area contributed by atoms with Crippen molar-refractivity contribution >= 4 is 28.6 Å². The number of alkyl halides is 3. The molecule has 1 aliphatic rings. The third-order valence-corrected chi connectivity index (χ3v) is 8.19. The number of halogens is 4. The largest absolute Gasteiger partial charge is 0.573 e. The molecule has 46 heavy (non-hydrogen) atoms. The molecular formula is C32H29F4N7O2S. The normalized spacial score (nSPS) is 16.7. The van der Waals surface area contributed by atoms with Gasteiger partial charge in [0, 0.05) is 23.0 Å². The van der Waals surface area contributed by atoms with Gasteiger partial charge in [-0.3, -0.25) is 0 Å². The highest BCUT2D eigenvalue weighted by atomic mass is 32.2. The minimum Gasteiger partial charge on any atom is -0.406 e. The summed E-state index contributed by atoms with van der Waals surface area (Å²) < 4.78 is 56.7. The summed E-state index contributed by atoms with van der Waals surface area (Å²) in [6, 6.07) is 17.0. The van der Waals surface area contributed by atoms with Gasteiger partial charge in [-0.25, -0.2) is 18.9 Å². The summed E-state index contributed by atoms with van der Waals surface area (Å²) in [7, 11) is 0.